The molecule has 0 heterocycles. The third-order valence-corrected chi connectivity index (χ3v) is 2.75. The van der Waals surface area contributed by atoms with Crippen molar-refractivity contribution in [2.75, 3.05) is 5.73 Å². The minimum atomic E-state index is -0.900. The van der Waals surface area contributed by atoms with Gasteiger partial charge in [0.25, 0.3) is 0 Å². The summed E-state index contributed by atoms with van der Waals surface area (Å²) in [4.78, 5) is 10.6. The molecule has 0 amide bonds. The van der Waals surface area contributed by atoms with E-state index < -0.39 is 5.97 Å². The zero-order valence-corrected chi connectivity index (χ0v) is 10.7. The largest absolute Gasteiger partial charge is 0.481 e. The van der Waals surface area contributed by atoms with E-state index in [9.17, 15) is 4.79 Å². The molecule has 4 nitrogen and oxygen atoms in total. The molecule has 0 aliphatic carbocycles. The second kappa shape index (κ2) is 5.63. The minimum absolute atomic E-state index is 0.0676. The summed E-state index contributed by atoms with van der Waals surface area (Å²) in [6, 6.07) is 11.8. The van der Waals surface area contributed by atoms with Gasteiger partial charge < -0.3 is 15.6 Å². The molecule has 0 atom stereocenters. The van der Waals surface area contributed by atoms with Gasteiger partial charge in [0.1, 0.15) is 11.5 Å². The fraction of sp³-hybridized carbons (Fsp3) is 0.0714. The predicted octanol–water partition coefficient (Wildman–Crippen LogP) is 3.34. The monoisotopic (exact) mass is 277 g/mol. The van der Waals surface area contributed by atoms with Gasteiger partial charge in [-0.15, -0.1) is 0 Å². The maximum absolute atomic E-state index is 10.6. The number of anilines is 1. The number of rotatable bonds is 4. The highest BCUT2D eigenvalue weighted by Gasteiger charge is 2.07. The number of carbonyl (C=O) groups is 1. The van der Waals surface area contributed by atoms with Crippen LogP contribution in [0.4, 0.5) is 5.69 Å². The van der Waals surface area contributed by atoms with E-state index >= 15 is 0 Å². The number of ether oxygens (including phenoxy) is 1. The average molecular weight is 278 g/mol. The van der Waals surface area contributed by atoms with Crippen molar-refractivity contribution in [3.63, 3.8) is 0 Å². The zero-order chi connectivity index (χ0) is 13.8. The molecule has 98 valence electrons. The van der Waals surface area contributed by atoms with Crippen LogP contribution in [0.2, 0.25) is 5.02 Å². The van der Waals surface area contributed by atoms with Crippen molar-refractivity contribution in [2.24, 2.45) is 0 Å². The van der Waals surface area contributed by atoms with Crippen LogP contribution in [0.25, 0.3) is 0 Å². The first-order chi connectivity index (χ1) is 9.04. The molecule has 0 spiro atoms. The van der Waals surface area contributed by atoms with Gasteiger partial charge in [0, 0.05) is 5.69 Å². The van der Waals surface area contributed by atoms with Crippen molar-refractivity contribution in [3.8, 4) is 11.5 Å². The molecule has 5 heteroatoms. The molecule has 0 radical (unpaired) electrons. The summed E-state index contributed by atoms with van der Waals surface area (Å²) >= 11 is 6.05. The summed E-state index contributed by atoms with van der Waals surface area (Å²) in [6.45, 7) is 0. The van der Waals surface area contributed by atoms with Gasteiger partial charge in [-0.3, -0.25) is 4.79 Å². The van der Waals surface area contributed by atoms with Gasteiger partial charge in [0.15, 0.2) is 0 Å². The molecule has 3 N–H and O–H groups in total. The number of benzene rings is 2. The number of carboxylic acid groups (broad SMARTS) is 1. The Hall–Kier alpha value is -2.20. The number of halogens is 1. The van der Waals surface area contributed by atoms with Gasteiger partial charge in [0.2, 0.25) is 0 Å². The third kappa shape index (κ3) is 3.63. The Bertz CT molecular complexity index is 596. The number of hydrogen-bond acceptors (Lipinski definition) is 3. The highest BCUT2D eigenvalue weighted by molar-refractivity contribution is 6.32. The molecule has 2 aromatic carbocycles. The lowest BCUT2D eigenvalue weighted by Gasteiger charge is -2.08. The molecule has 0 aromatic heterocycles. The fourth-order valence-electron chi connectivity index (χ4n) is 1.57. The normalized spacial score (nSPS) is 10.2. The smallest absolute Gasteiger partial charge is 0.307 e. The molecule has 19 heavy (non-hydrogen) atoms. The molecule has 0 fully saturated rings. The summed E-state index contributed by atoms with van der Waals surface area (Å²) in [7, 11) is 0. The highest BCUT2D eigenvalue weighted by atomic mass is 35.5. The molecule has 2 rings (SSSR count). The first kappa shape index (κ1) is 13.2. The van der Waals surface area contributed by atoms with Crippen molar-refractivity contribution >= 4 is 23.3 Å². The van der Waals surface area contributed by atoms with E-state index in [2.05, 4.69) is 0 Å². The van der Waals surface area contributed by atoms with E-state index in [1.54, 1.807) is 42.5 Å². The van der Waals surface area contributed by atoms with Crippen LogP contribution in [-0.2, 0) is 11.2 Å². The Morgan fingerprint density at radius 1 is 1.21 bits per heavy atom. The predicted molar refractivity (Wildman–Crippen MR) is 73.7 cm³/mol. The Kier molecular flexibility index (Phi) is 3.92. The van der Waals surface area contributed by atoms with Crippen LogP contribution in [-0.4, -0.2) is 11.1 Å². The van der Waals surface area contributed by atoms with Crippen molar-refractivity contribution < 1.29 is 14.6 Å². The summed E-state index contributed by atoms with van der Waals surface area (Å²) in [6.07, 6.45) is -0.0676. The quantitative estimate of drug-likeness (QED) is 0.841. The average Bonchev–Trinajstić information content (AvgIpc) is 2.34. The summed E-state index contributed by atoms with van der Waals surface area (Å²) in [5.74, 6) is 0.186. The van der Waals surface area contributed by atoms with Crippen molar-refractivity contribution in [2.45, 2.75) is 6.42 Å². The second-order valence-corrected chi connectivity index (χ2v) is 4.41. The zero-order valence-electron chi connectivity index (χ0n) is 9.97. The number of nitrogen functional groups attached to an aromatic ring is 1. The second-order valence-electron chi connectivity index (χ2n) is 4.01. The van der Waals surface area contributed by atoms with Gasteiger partial charge >= 0.3 is 5.97 Å². The van der Waals surface area contributed by atoms with Crippen LogP contribution < -0.4 is 10.5 Å². The molecule has 2 aromatic rings. The van der Waals surface area contributed by atoms with E-state index in [1.165, 1.54) is 0 Å². The maximum atomic E-state index is 10.6. The lowest BCUT2D eigenvalue weighted by atomic mass is 10.1. The van der Waals surface area contributed by atoms with Crippen molar-refractivity contribution in [1.82, 2.24) is 0 Å². The molecular weight excluding hydrogens is 266 g/mol. The van der Waals surface area contributed by atoms with E-state index in [0.29, 0.717) is 27.8 Å². The topological polar surface area (TPSA) is 72.5 Å². The molecule has 0 saturated carbocycles. The number of aliphatic carboxylic acids is 1. The minimum Gasteiger partial charge on any atom is -0.481 e. The summed E-state index contributed by atoms with van der Waals surface area (Å²) in [5, 5.41) is 9.07. The number of nitrogens with two attached hydrogens (primary N) is 1. The van der Waals surface area contributed by atoms with Crippen LogP contribution >= 0.6 is 11.6 Å². The molecule has 0 aliphatic heterocycles. The van der Waals surface area contributed by atoms with Gasteiger partial charge in [0.05, 0.1) is 11.4 Å². The van der Waals surface area contributed by atoms with Crippen LogP contribution in [0, 0.1) is 0 Å². The van der Waals surface area contributed by atoms with Crippen LogP contribution in [0.1, 0.15) is 5.56 Å². The Labute approximate surface area is 115 Å². The highest BCUT2D eigenvalue weighted by Crippen LogP contribution is 2.30. The number of hydrogen-bond donors (Lipinski definition) is 2. The van der Waals surface area contributed by atoms with Gasteiger partial charge in [-0.2, -0.15) is 0 Å². The molecule has 0 saturated heterocycles. The van der Waals surface area contributed by atoms with Gasteiger partial charge in [-0.25, -0.2) is 0 Å². The van der Waals surface area contributed by atoms with Crippen molar-refractivity contribution in [3.05, 3.63) is 53.1 Å². The van der Waals surface area contributed by atoms with Gasteiger partial charge in [-0.05, 0) is 42.0 Å². The molecule has 0 unspecified atom stereocenters. The van der Waals surface area contributed by atoms with Crippen LogP contribution in [0.5, 0.6) is 11.5 Å². The fourth-order valence-corrected chi connectivity index (χ4v) is 1.82. The Morgan fingerprint density at radius 3 is 2.47 bits per heavy atom. The molecular formula is C14H12ClNO3. The first-order valence-corrected chi connectivity index (χ1v) is 5.96. The molecule has 0 bridgehead atoms. The molecule has 0 aliphatic rings. The summed E-state index contributed by atoms with van der Waals surface area (Å²) in [5.41, 5.74) is 6.85. The first-order valence-electron chi connectivity index (χ1n) is 5.58. The third-order valence-electron chi connectivity index (χ3n) is 2.46. The van der Waals surface area contributed by atoms with E-state index in [1.807, 2.05) is 0 Å². The number of carboxylic acids is 1. The lowest BCUT2D eigenvalue weighted by Crippen LogP contribution is -1.99. The SMILES string of the molecule is Nc1ccc(Oc2ccc(CC(=O)O)cc2Cl)cc1. The Morgan fingerprint density at radius 2 is 1.89 bits per heavy atom. The van der Waals surface area contributed by atoms with E-state index in [4.69, 9.17) is 27.2 Å². The lowest BCUT2D eigenvalue weighted by molar-refractivity contribution is -0.136. The van der Waals surface area contributed by atoms with Crippen LogP contribution in [0.15, 0.2) is 42.5 Å². The standard InChI is InChI=1S/C14H12ClNO3/c15-12-7-9(8-14(17)18)1-6-13(12)19-11-4-2-10(16)3-5-11/h1-7H,8,16H2,(H,17,18). The summed E-state index contributed by atoms with van der Waals surface area (Å²) < 4.78 is 5.59. The maximum Gasteiger partial charge on any atom is 0.307 e. The van der Waals surface area contributed by atoms with E-state index in [0.717, 1.165) is 0 Å². The van der Waals surface area contributed by atoms with Crippen LogP contribution in [0.3, 0.4) is 0 Å². The van der Waals surface area contributed by atoms with Crippen molar-refractivity contribution in [1.29, 1.82) is 0 Å². The van der Waals surface area contributed by atoms with E-state index in [-0.39, 0.29) is 6.42 Å². The van der Waals surface area contributed by atoms with Gasteiger partial charge in [-0.1, -0.05) is 17.7 Å². The Balaban J connectivity index is 2.17.